The number of hydrogen-bond acceptors (Lipinski definition) is 17. The summed E-state index contributed by atoms with van der Waals surface area (Å²) < 4.78 is 128. The van der Waals surface area contributed by atoms with Gasteiger partial charge in [-0.1, -0.05) is 455 Å². The summed E-state index contributed by atoms with van der Waals surface area (Å²) in [5.41, 5.74) is 11.5. The van der Waals surface area contributed by atoms with E-state index in [-0.39, 0.29) is 103 Å². The lowest BCUT2D eigenvalue weighted by atomic mass is 9.90. The van der Waals surface area contributed by atoms with Gasteiger partial charge in [0.25, 0.3) is 0 Å². The van der Waals surface area contributed by atoms with E-state index in [1.807, 2.05) is 231 Å². The Morgan fingerprint density at radius 2 is 0.322 bits per heavy atom. The highest BCUT2D eigenvalue weighted by Gasteiger charge is 2.57. The number of rotatable bonds is 48. The van der Waals surface area contributed by atoms with Crippen LogP contribution in [0.4, 0.5) is 0 Å². The smallest absolute Gasteiger partial charge is 0.186 e. The standard InChI is InChI=1S/C130H130O17P.HI/c1-131-130-129(143-94-107-69-39-13-40-70-107)128(142-93-106-67-37-12-38-68-106)123(137-88-101-57-27-7-28-58-101)116(147-130)82-81-114-121(135-86-99-53-23-5-24-54-99)126(140-91-104-63-33-10-34-64-104)119(133-84-97-49-19-3-20-50-97)112(145-114)78-77-111-118(132-83-96-47-17-2-18-48-96)125(139-90-103-61-31-9-32-62-103)120(134-85-98-51-21-4-22-52-98)113(144-111)79-80-115-122(136-87-100-55-25-6-26-56-100)127(141-92-105-65-35-11-36-66-105)124(138-89-102-59-29-8-30-60-102)117(146-115)95-148(108-71-41-14-42-72-108,109-73-43-15-44-74-109)110-75-45-16-46-76-110;/h2-82,111-130H,83-95H2,1H3;1H/q+1;/p-1/b78-77-,80-79-,82-81-;/t111-,112+,113+,114-,115-,116+,117+,118-,119+,120+,121-,122-,123+,124+,125+,126-,127+,128-,129+,130-;/m0./s1. The Hall–Kier alpha value is -12.0. The summed E-state index contributed by atoms with van der Waals surface area (Å²) >= 11 is 0. The van der Waals surface area contributed by atoms with Crippen molar-refractivity contribution in [1.29, 1.82) is 0 Å². The lowest BCUT2D eigenvalue weighted by Gasteiger charge is -2.47. The number of benzene rings is 15. The van der Waals surface area contributed by atoms with Crippen molar-refractivity contribution >= 4 is 23.2 Å². The van der Waals surface area contributed by atoms with Crippen LogP contribution in [-0.2, 0) is 160 Å². The third kappa shape index (κ3) is 29.4. The Balaban J connectivity index is 0.0000145. The maximum atomic E-state index is 8.25. The van der Waals surface area contributed by atoms with Crippen molar-refractivity contribution in [3.05, 3.63) is 558 Å². The molecule has 0 unspecified atom stereocenters. The van der Waals surface area contributed by atoms with Gasteiger partial charge in [-0.15, -0.1) is 0 Å². The minimum Gasteiger partial charge on any atom is -1.00 e. The molecule has 0 radical (unpaired) electrons. The zero-order valence-electron chi connectivity index (χ0n) is 83.8. The fraction of sp³-hybridized carbons (Fsp3) is 0.262. The first-order valence-corrected chi connectivity index (χ1v) is 53.4. The van der Waals surface area contributed by atoms with Crippen LogP contribution in [0.5, 0.6) is 0 Å². The van der Waals surface area contributed by atoms with Crippen molar-refractivity contribution in [2.75, 3.05) is 13.3 Å². The summed E-state index contributed by atoms with van der Waals surface area (Å²) in [5.74, 6) is 0. The van der Waals surface area contributed by atoms with Gasteiger partial charge in [0.15, 0.2) is 6.29 Å². The molecule has 0 saturated carbocycles. The Morgan fingerprint density at radius 1 is 0.174 bits per heavy atom. The molecule has 149 heavy (non-hydrogen) atoms. The molecule has 4 aliphatic rings. The van der Waals surface area contributed by atoms with Crippen LogP contribution in [0, 0.1) is 0 Å². The van der Waals surface area contributed by atoms with Crippen molar-refractivity contribution < 1.29 is 105 Å². The van der Waals surface area contributed by atoms with E-state index in [4.69, 9.17) is 80.5 Å². The Kier molecular flexibility index (Phi) is 40.3. The van der Waals surface area contributed by atoms with Crippen LogP contribution in [-0.4, -0.2) is 136 Å². The first-order chi connectivity index (χ1) is 73.3. The molecule has 4 aliphatic heterocycles. The van der Waals surface area contributed by atoms with Crippen LogP contribution in [0.3, 0.4) is 0 Å². The van der Waals surface area contributed by atoms with Gasteiger partial charge >= 0.3 is 0 Å². The third-order valence-corrected chi connectivity index (χ3v) is 32.0. The van der Waals surface area contributed by atoms with E-state index in [0.717, 1.165) is 66.8 Å². The van der Waals surface area contributed by atoms with E-state index in [9.17, 15) is 0 Å². The van der Waals surface area contributed by atoms with E-state index in [1.54, 1.807) is 7.11 Å². The van der Waals surface area contributed by atoms with Gasteiger partial charge in [-0.25, -0.2) is 0 Å². The van der Waals surface area contributed by atoms with E-state index < -0.39 is 130 Å². The van der Waals surface area contributed by atoms with Gasteiger partial charge in [-0.05, 0) is 103 Å². The maximum absolute atomic E-state index is 8.25. The van der Waals surface area contributed by atoms with Gasteiger partial charge in [0, 0.05) is 7.11 Å². The molecular weight excluding hydrogens is 1990 g/mol. The average molecular weight is 2120 g/mol. The van der Waals surface area contributed by atoms with Crippen molar-refractivity contribution in [3.63, 3.8) is 0 Å². The summed E-state index contributed by atoms with van der Waals surface area (Å²) in [5, 5.41) is 3.56. The van der Waals surface area contributed by atoms with Crippen LogP contribution in [0.1, 0.15) is 66.8 Å². The van der Waals surface area contributed by atoms with E-state index in [1.165, 1.54) is 15.9 Å². The number of ether oxygens (including phenoxy) is 17. The van der Waals surface area contributed by atoms with Crippen LogP contribution in [0.15, 0.2) is 491 Å². The third-order valence-electron chi connectivity index (χ3n) is 27.6. The number of hydrogen-bond donors (Lipinski definition) is 0. The molecule has 0 amide bonds. The lowest BCUT2D eigenvalue weighted by Crippen LogP contribution is -3.00. The van der Waals surface area contributed by atoms with E-state index in [0.29, 0.717) is 6.16 Å². The molecule has 4 fully saturated rings. The molecule has 15 aromatic carbocycles. The molecule has 0 spiro atoms. The number of halogens is 1. The molecule has 0 N–H and O–H groups in total. The molecular formula is C130H130IO17P. The van der Waals surface area contributed by atoms with Crippen molar-refractivity contribution in [2.24, 2.45) is 0 Å². The van der Waals surface area contributed by atoms with Crippen LogP contribution < -0.4 is 39.9 Å². The lowest BCUT2D eigenvalue weighted by molar-refractivity contribution is -0.309. The topological polar surface area (TPSA) is 157 Å². The molecule has 764 valence electrons. The van der Waals surface area contributed by atoms with Gasteiger partial charge in [-0.2, -0.15) is 0 Å². The van der Waals surface area contributed by atoms with E-state index >= 15 is 0 Å². The molecule has 19 rings (SSSR count). The second kappa shape index (κ2) is 56.2. The van der Waals surface area contributed by atoms with Crippen LogP contribution in [0.25, 0.3) is 0 Å². The second-order valence-electron chi connectivity index (χ2n) is 37.8. The summed E-state index contributed by atoms with van der Waals surface area (Å²) in [6, 6.07) is 155. The molecule has 17 nitrogen and oxygen atoms in total. The van der Waals surface area contributed by atoms with Gasteiger partial charge in [0.2, 0.25) is 0 Å². The highest BCUT2D eigenvalue weighted by molar-refractivity contribution is 7.95. The van der Waals surface area contributed by atoms with Gasteiger partial charge < -0.3 is 105 Å². The minimum absolute atomic E-state index is 0. The zero-order chi connectivity index (χ0) is 100. The molecule has 19 heteroatoms. The molecule has 0 aromatic heterocycles. The highest BCUT2D eigenvalue weighted by atomic mass is 127. The van der Waals surface area contributed by atoms with E-state index in [2.05, 4.69) is 261 Å². The zero-order valence-corrected chi connectivity index (χ0v) is 86.8. The van der Waals surface area contributed by atoms with Crippen molar-refractivity contribution in [1.82, 2.24) is 0 Å². The Labute approximate surface area is 894 Å². The fourth-order valence-corrected chi connectivity index (χ4v) is 24.5. The summed E-state index contributed by atoms with van der Waals surface area (Å²) in [6.07, 6.45) is -4.43. The molecule has 4 saturated heterocycles. The Bertz CT molecular complexity index is 6310. The molecule has 15 aromatic rings. The monoisotopic (exact) mass is 2120 g/mol. The predicted octanol–water partition coefficient (Wildman–Crippen LogP) is 20.4. The summed E-state index contributed by atoms with van der Waals surface area (Å²) in [7, 11) is -1.13. The SMILES string of the molecule is CO[C@H]1O[C@H](/C=C\[C@@H]2O[C@H](/C=C\[C@@H]3O[C@H](/C=C\[C@@H]4O[C@H](C[P+](c5ccccc5)(c5ccccc5)c5ccccc5)[C@@H](OCc5ccccc5)[C@H](OCc5ccccc5)[C@H]4OCc4ccccc4)[C@@H](OCc4ccccc4)[C@H](OCc4ccccc4)[C@H]3OCc3ccccc3)[C@@H](OCc3ccccc3)[C@H](OCc3ccccc3)[C@H]2OCc2ccccc2)[C@@H](OCc2ccccc2)[C@H](OCc2ccccc2)[C@H]1OCc1ccccc1.[I-]. The summed E-state index contributed by atoms with van der Waals surface area (Å²) in [6.45, 7) is 2.40. The van der Waals surface area contributed by atoms with Gasteiger partial charge in [-0.3, -0.25) is 0 Å². The molecule has 4 heterocycles. The quantitative estimate of drug-likeness (QED) is 0.0201. The van der Waals surface area contributed by atoms with Gasteiger partial charge in [0.05, 0.1) is 79.3 Å². The summed E-state index contributed by atoms with van der Waals surface area (Å²) in [4.78, 5) is 0. The van der Waals surface area contributed by atoms with Crippen LogP contribution >= 0.6 is 7.26 Å². The molecule has 0 bridgehead atoms. The van der Waals surface area contributed by atoms with Crippen molar-refractivity contribution in [3.8, 4) is 0 Å². The minimum atomic E-state index is -2.76. The first kappa shape index (κ1) is 107. The maximum Gasteiger partial charge on any atom is 0.186 e. The highest BCUT2D eigenvalue weighted by Crippen LogP contribution is 2.58. The molecule has 0 aliphatic carbocycles. The predicted molar refractivity (Wildman–Crippen MR) is 579 cm³/mol. The second-order valence-corrected chi connectivity index (χ2v) is 41.3. The fourth-order valence-electron chi connectivity index (χ4n) is 20.1. The number of methoxy groups -OCH3 is 1. The largest absolute Gasteiger partial charge is 1.00 e. The normalized spacial score (nSPS) is 24.1. The Morgan fingerprint density at radius 3 is 0.517 bits per heavy atom. The average Bonchev–Trinajstić information content (AvgIpc) is 0.726. The van der Waals surface area contributed by atoms with Crippen molar-refractivity contribution in [2.45, 2.75) is 202 Å². The van der Waals surface area contributed by atoms with Crippen LogP contribution in [0.2, 0.25) is 0 Å². The first-order valence-electron chi connectivity index (χ1n) is 51.5. The molecule has 20 atom stereocenters. The van der Waals surface area contributed by atoms with Gasteiger partial charge in [0.1, 0.15) is 145 Å².